The third kappa shape index (κ3) is 2.33. The van der Waals surface area contributed by atoms with Crippen molar-refractivity contribution in [3.05, 3.63) is 39.7 Å². The fourth-order valence-electron chi connectivity index (χ4n) is 3.07. The van der Waals surface area contributed by atoms with Crippen molar-refractivity contribution in [2.45, 2.75) is 11.2 Å². The lowest BCUT2D eigenvalue weighted by Crippen LogP contribution is -2.31. The Kier molecular flexibility index (Phi) is 3.82. The summed E-state index contributed by atoms with van der Waals surface area (Å²) in [5.74, 6) is 1.84. The van der Waals surface area contributed by atoms with Crippen LogP contribution < -0.4 is 15.4 Å². The number of allylic oxidation sites excluding steroid dienone is 2. The Bertz CT molecular complexity index is 685. The van der Waals surface area contributed by atoms with Gasteiger partial charge in [0.15, 0.2) is 5.75 Å². The number of alkyl halides is 1. The number of nitrogens with one attached hydrogen (secondary N) is 2. The molecule has 0 unspecified atom stereocenters. The molecule has 1 aromatic rings. The van der Waals surface area contributed by atoms with Crippen molar-refractivity contribution < 1.29 is 9.47 Å². The van der Waals surface area contributed by atoms with E-state index in [1.54, 1.807) is 0 Å². The number of ether oxygens (including phenoxy) is 2. The van der Waals surface area contributed by atoms with Gasteiger partial charge in [-0.25, -0.2) is 0 Å². The largest absolute Gasteiger partial charge is 0.489 e. The van der Waals surface area contributed by atoms with Crippen molar-refractivity contribution in [3.63, 3.8) is 0 Å². The number of morpholine rings is 1. The van der Waals surface area contributed by atoms with Crippen LogP contribution in [0.4, 0.5) is 5.69 Å². The van der Waals surface area contributed by atoms with Crippen molar-refractivity contribution in [1.29, 1.82) is 0 Å². The van der Waals surface area contributed by atoms with Crippen LogP contribution in [-0.4, -0.2) is 31.1 Å². The van der Waals surface area contributed by atoms with Crippen LogP contribution >= 0.6 is 31.9 Å². The molecule has 0 amide bonds. The topological polar surface area (TPSA) is 42.5 Å². The zero-order chi connectivity index (χ0) is 15.1. The van der Waals surface area contributed by atoms with Crippen molar-refractivity contribution in [1.82, 2.24) is 5.32 Å². The second-order valence-electron chi connectivity index (χ2n) is 5.41. The lowest BCUT2D eigenvalue weighted by molar-refractivity contribution is 0.197. The Hall–Kier alpha value is -1.14. The van der Waals surface area contributed by atoms with Crippen LogP contribution in [0, 0.1) is 0 Å². The van der Waals surface area contributed by atoms with Gasteiger partial charge in [0, 0.05) is 33.5 Å². The van der Waals surface area contributed by atoms with Crippen LogP contribution in [0.3, 0.4) is 0 Å². The first-order chi connectivity index (χ1) is 10.8. The summed E-state index contributed by atoms with van der Waals surface area (Å²) in [7, 11) is 0. The molecule has 2 aliphatic heterocycles. The summed E-state index contributed by atoms with van der Waals surface area (Å²) < 4.78 is 13.0. The monoisotopic (exact) mass is 426 g/mol. The standard InChI is InChI=1S/C16H16Br2N2O2/c17-9-1-3-11-15(21-7-5-19-11)13(9)14-10(18)2-4-12-16(14)22-8-6-20-12/h1,3-4,10,19-20H,2,5-8H2/t10-/m1/s1. The summed E-state index contributed by atoms with van der Waals surface area (Å²) in [5, 5.41) is 6.83. The SMILES string of the molecule is Brc1ccc2c(c1C1=C3OCCNC3=CC[C@H]1Br)OCCN2. The zero-order valence-corrected chi connectivity index (χ0v) is 15.1. The van der Waals surface area contributed by atoms with Crippen molar-refractivity contribution in [2.75, 3.05) is 31.6 Å². The van der Waals surface area contributed by atoms with Gasteiger partial charge in [-0.2, -0.15) is 0 Å². The van der Waals surface area contributed by atoms with E-state index in [1.165, 1.54) is 0 Å². The van der Waals surface area contributed by atoms with Crippen LogP contribution in [0.5, 0.6) is 5.75 Å². The minimum Gasteiger partial charge on any atom is -0.489 e. The Morgan fingerprint density at radius 3 is 2.82 bits per heavy atom. The normalized spacial score (nSPS) is 23.2. The highest BCUT2D eigenvalue weighted by atomic mass is 79.9. The summed E-state index contributed by atoms with van der Waals surface area (Å²) in [5.41, 5.74) is 4.36. The highest BCUT2D eigenvalue weighted by Crippen LogP contribution is 2.47. The van der Waals surface area contributed by atoms with E-state index in [2.05, 4.69) is 60.7 Å². The number of fused-ring (bicyclic) bond motifs is 2. The maximum atomic E-state index is 5.99. The molecule has 1 aliphatic carbocycles. The van der Waals surface area contributed by atoms with Gasteiger partial charge in [-0.3, -0.25) is 0 Å². The van der Waals surface area contributed by atoms with Crippen LogP contribution in [0.1, 0.15) is 12.0 Å². The fraction of sp³-hybridized carbons (Fsp3) is 0.375. The van der Waals surface area contributed by atoms with Gasteiger partial charge >= 0.3 is 0 Å². The predicted molar refractivity (Wildman–Crippen MR) is 94.4 cm³/mol. The second-order valence-corrected chi connectivity index (χ2v) is 7.37. The van der Waals surface area contributed by atoms with Gasteiger partial charge in [0.1, 0.15) is 19.0 Å². The van der Waals surface area contributed by atoms with E-state index in [-0.39, 0.29) is 4.83 Å². The molecule has 3 aliphatic rings. The molecule has 4 nitrogen and oxygen atoms in total. The molecule has 1 atom stereocenters. The molecule has 0 saturated carbocycles. The molecule has 4 rings (SSSR count). The molecule has 1 aromatic carbocycles. The second kappa shape index (κ2) is 5.81. The maximum Gasteiger partial charge on any atom is 0.151 e. The number of halogens is 2. The molecule has 22 heavy (non-hydrogen) atoms. The highest BCUT2D eigenvalue weighted by Gasteiger charge is 2.32. The van der Waals surface area contributed by atoms with Crippen LogP contribution in [0.15, 0.2) is 34.1 Å². The fourth-order valence-corrected chi connectivity index (χ4v) is 4.22. The van der Waals surface area contributed by atoms with Crippen LogP contribution in [0.2, 0.25) is 0 Å². The summed E-state index contributed by atoms with van der Waals surface area (Å²) in [6.07, 6.45) is 3.12. The smallest absolute Gasteiger partial charge is 0.151 e. The van der Waals surface area contributed by atoms with Gasteiger partial charge in [-0.15, -0.1) is 0 Å². The summed E-state index contributed by atoms with van der Waals surface area (Å²) in [4.78, 5) is 0.208. The molecular weight excluding hydrogens is 412 g/mol. The zero-order valence-electron chi connectivity index (χ0n) is 11.9. The van der Waals surface area contributed by atoms with E-state index >= 15 is 0 Å². The molecule has 116 valence electrons. The van der Waals surface area contributed by atoms with E-state index in [4.69, 9.17) is 9.47 Å². The van der Waals surface area contributed by atoms with Crippen molar-refractivity contribution in [2.24, 2.45) is 0 Å². The molecule has 0 bridgehead atoms. The average Bonchev–Trinajstić information content (AvgIpc) is 2.56. The van der Waals surface area contributed by atoms with Gasteiger partial charge in [0.25, 0.3) is 0 Å². The van der Waals surface area contributed by atoms with E-state index in [0.29, 0.717) is 13.2 Å². The maximum absolute atomic E-state index is 5.99. The van der Waals surface area contributed by atoms with Gasteiger partial charge in [-0.05, 0) is 18.6 Å². The number of benzene rings is 1. The summed E-state index contributed by atoms with van der Waals surface area (Å²) in [6.45, 7) is 3.04. The van der Waals surface area contributed by atoms with Gasteiger partial charge < -0.3 is 20.1 Å². The van der Waals surface area contributed by atoms with E-state index in [9.17, 15) is 0 Å². The lowest BCUT2D eigenvalue weighted by Gasteiger charge is -2.32. The first-order valence-corrected chi connectivity index (χ1v) is 9.11. The minimum absolute atomic E-state index is 0.208. The highest BCUT2D eigenvalue weighted by molar-refractivity contribution is 9.10. The lowest BCUT2D eigenvalue weighted by atomic mass is 9.92. The Morgan fingerprint density at radius 2 is 1.91 bits per heavy atom. The van der Waals surface area contributed by atoms with E-state index in [0.717, 1.165) is 58.0 Å². The van der Waals surface area contributed by atoms with Gasteiger partial charge in [0.05, 0.1) is 11.4 Å². The Labute approximate surface area is 146 Å². The van der Waals surface area contributed by atoms with E-state index < -0.39 is 0 Å². The molecule has 1 saturated heterocycles. The van der Waals surface area contributed by atoms with Crippen LogP contribution in [0.25, 0.3) is 5.57 Å². The molecular formula is C16H16Br2N2O2. The molecule has 1 fully saturated rings. The quantitative estimate of drug-likeness (QED) is 0.671. The summed E-state index contributed by atoms with van der Waals surface area (Å²) in [6, 6.07) is 4.12. The first-order valence-electron chi connectivity index (χ1n) is 7.40. The first kappa shape index (κ1) is 14.5. The third-order valence-corrected chi connectivity index (χ3v) is 5.53. The predicted octanol–water partition coefficient (Wildman–Crippen LogP) is 3.64. The average molecular weight is 428 g/mol. The Morgan fingerprint density at radius 1 is 1.09 bits per heavy atom. The number of hydrogen-bond acceptors (Lipinski definition) is 4. The Balaban J connectivity index is 1.93. The molecule has 0 spiro atoms. The third-order valence-electron chi connectivity index (χ3n) is 4.04. The molecule has 2 heterocycles. The van der Waals surface area contributed by atoms with E-state index in [1.807, 2.05) is 0 Å². The minimum atomic E-state index is 0.208. The van der Waals surface area contributed by atoms with Crippen molar-refractivity contribution >= 4 is 43.1 Å². The summed E-state index contributed by atoms with van der Waals surface area (Å²) >= 11 is 7.51. The van der Waals surface area contributed by atoms with Gasteiger partial charge in [-0.1, -0.05) is 37.9 Å². The number of anilines is 1. The molecule has 0 aromatic heterocycles. The van der Waals surface area contributed by atoms with Crippen LogP contribution in [-0.2, 0) is 4.74 Å². The molecule has 6 heteroatoms. The molecule has 2 N–H and O–H groups in total. The molecule has 0 radical (unpaired) electrons. The number of rotatable bonds is 1. The van der Waals surface area contributed by atoms with Crippen molar-refractivity contribution in [3.8, 4) is 5.75 Å². The number of hydrogen-bond donors (Lipinski definition) is 2. The van der Waals surface area contributed by atoms with Gasteiger partial charge in [0.2, 0.25) is 0 Å².